The lowest BCUT2D eigenvalue weighted by Crippen LogP contribution is -2.44. The Morgan fingerprint density at radius 2 is 1.97 bits per heavy atom. The molecule has 6 heteroatoms. The van der Waals surface area contributed by atoms with Crippen molar-refractivity contribution in [2.75, 3.05) is 20.1 Å². The van der Waals surface area contributed by atoms with Gasteiger partial charge in [0.2, 0.25) is 5.91 Å². The fourth-order valence-corrected chi connectivity index (χ4v) is 4.37. The number of amides is 2. The Labute approximate surface area is 180 Å². The molecule has 1 fully saturated rings. The topological polar surface area (TPSA) is 62.3 Å². The van der Waals surface area contributed by atoms with Crippen LogP contribution in [0.4, 0.5) is 4.39 Å². The number of carbonyl (C=O) groups is 2. The number of carbonyl (C=O) groups excluding carboxylic acids is 2. The first-order chi connectivity index (χ1) is 15.0. The average Bonchev–Trinajstić information content (AvgIpc) is 3.24. The zero-order chi connectivity index (χ0) is 21.8. The van der Waals surface area contributed by atoms with E-state index >= 15 is 0 Å². The van der Waals surface area contributed by atoms with Crippen molar-refractivity contribution in [3.8, 4) is 11.1 Å². The summed E-state index contributed by atoms with van der Waals surface area (Å²) in [4.78, 5) is 31.8. The number of nitrogens with zero attached hydrogens (tertiary/aromatic N) is 2. The molecule has 2 heterocycles. The van der Waals surface area contributed by atoms with Gasteiger partial charge in [0.1, 0.15) is 5.82 Å². The maximum absolute atomic E-state index is 13.6. The summed E-state index contributed by atoms with van der Waals surface area (Å²) in [6, 6.07) is 17.5. The second-order valence-corrected chi connectivity index (χ2v) is 7.92. The van der Waals surface area contributed by atoms with E-state index in [1.165, 1.54) is 18.2 Å². The van der Waals surface area contributed by atoms with Gasteiger partial charge in [-0.05, 0) is 48.2 Å². The molecule has 4 rings (SSSR count). The van der Waals surface area contributed by atoms with Crippen LogP contribution in [0.15, 0.2) is 73.1 Å². The Kier molecular flexibility index (Phi) is 5.80. The maximum Gasteiger partial charge on any atom is 0.253 e. The summed E-state index contributed by atoms with van der Waals surface area (Å²) < 4.78 is 13.6. The van der Waals surface area contributed by atoms with Crippen molar-refractivity contribution < 1.29 is 14.0 Å². The van der Waals surface area contributed by atoms with Crippen LogP contribution < -0.4 is 5.32 Å². The summed E-state index contributed by atoms with van der Waals surface area (Å²) in [7, 11) is 1.62. The number of halogens is 1. The molecule has 2 aromatic carbocycles. The second-order valence-electron chi connectivity index (χ2n) is 7.92. The monoisotopic (exact) mass is 417 g/mol. The van der Waals surface area contributed by atoms with Crippen LogP contribution in [0.1, 0.15) is 22.3 Å². The molecule has 0 saturated carbocycles. The fraction of sp³-hybridized carbons (Fsp3) is 0.240. The standard InChI is InChI=1S/C25H24FN3O2/c1-27-24(31)25(11-13-29(17-25)23(30)18-7-4-9-21(26)14-18)15-19-6-2-3-10-22(19)20-8-5-12-28-16-20/h2-10,12,14,16H,11,13,15,17H2,1H3,(H,27,31). The molecule has 31 heavy (non-hydrogen) atoms. The molecule has 1 atom stereocenters. The van der Waals surface area contributed by atoms with E-state index in [1.54, 1.807) is 30.4 Å². The third-order valence-corrected chi connectivity index (χ3v) is 5.94. The van der Waals surface area contributed by atoms with Crippen molar-refractivity contribution >= 4 is 11.8 Å². The highest BCUT2D eigenvalue weighted by Gasteiger charge is 2.46. The number of pyridine rings is 1. The minimum Gasteiger partial charge on any atom is -0.359 e. The van der Waals surface area contributed by atoms with Gasteiger partial charge in [-0.25, -0.2) is 4.39 Å². The van der Waals surface area contributed by atoms with Crippen molar-refractivity contribution in [2.24, 2.45) is 5.41 Å². The first-order valence-electron chi connectivity index (χ1n) is 10.3. The van der Waals surface area contributed by atoms with Crippen LogP contribution in [-0.4, -0.2) is 41.8 Å². The fourth-order valence-electron chi connectivity index (χ4n) is 4.37. The molecule has 0 bridgehead atoms. The highest BCUT2D eigenvalue weighted by Crippen LogP contribution is 2.38. The number of hydrogen-bond donors (Lipinski definition) is 1. The number of nitrogens with one attached hydrogen (secondary N) is 1. The Hall–Kier alpha value is -3.54. The van der Waals surface area contributed by atoms with Crippen LogP contribution in [0.25, 0.3) is 11.1 Å². The molecule has 2 amide bonds. The molecule has 0 radical (unpaired) electrons. The summed E-state index contributed by atoms with van der Waals surface area (Å²) in [5, 5.41) is 2.79. The van der Waals surface area contributed by atoms with Gasteiger partial charge in [0.25, 0.3) is 5.91 Å². The zero-order valence-corrected chi connectivity index (χ0v) is 17.3. The lowest BCUT2D eigenvalue weighted by molar-refractivity contribution is -0.129. The van der Waals surface area contributed by atoms with Gasteiger partial charge in [0, 0.05) is 43.7 Å². The Balaban J connectivity index is 1.64. The van der Waals surface area contributed by atoms with E-state index < -0.39 is 11.2 Å². The van der Waals surface area contributed by atoms with E-state index in [1.807, 2.05) is 36.4 Å². The van der Waals surface area contributed by atoms with E-state index in [2.05, 4.69) is 10.3 Å². The normalized spacial score (nSPS) is 18.1. The molecular formula is C25H24FN3O2. The molecule has 0 spiro atoms. The summed E-state index contributed by atoms with van der Waals surface area (Å²) >= 11 is 0. The minimum absolute atomic E-state index is 0.0944. The summed E-state index contributed by atoms with van der Waals surface area (Å²) in [5.41, 5.74) is 2.57. The number of hydrogen-bond acceptors (Lipinski definition) is 3. The van der Waals surface area contributed by atoms with Crippen molar-refractivity contribution in [1.82, 2.24) is 15.2 Å². The maximum atomic E-state index is 13.6. The van der Waals surface area contributed by atoms with Crippen LogP contribution in [0.5, 0.6) is 0 Å². The number of benzene rings is 2. The highest BCUT2D eigenvalue weighted by atomic mass is 19.1. The van der Waals surface area contributed by atoms with Gasteiger partial charge < -0.3 is 10.2 Å². The van der Waals surface area contributed by atoms with Gasteiger partial charge in [-0.15, -0.1) is 0 Å². The Bertz CT molecular complexity index is 1100. The van der Waals surface area contributed by atoms with Crippen LogP contribution in [0.3, 0.4) is 0 Å². The van der Waals surface area contributed by atoms with E-state index in [-0.39, 0.29) is 18.4 Å². The third-order valence-electron chi connectivity index (χ3n) is 5.94. The number of aromatic nitrogens is 1. The molecule has 1 N–H and O–H groups in total. The molecule has 1 aliphatic rings. The van der Waals surface area contributed by atoms with Crippen LogP contribution in [-0.2, 0) is 11.2 Å². The molecule has 1 aromatic heterocycles. The van der Waals surface area contributed by atoms with Crippen LogP contribution in [0.2, 0.25) is 0 Å². The second kappa shape index (κ2) is 8.68. The number of likely N-dealkylation sites (tertiary alicyclic amines) is 1. The van der Waals surface area contributed by atoms with E-state index in [4.69, 9.17) is 0 Å². The summed E-state index contributed by atoms with van der Waals surface area (Å²) in [6.07, 6.45) is 4.56. The molecule has 1 saturated heterocycles. The highest BCUT2D eigenvalue weighted by molar-refractivity contribution is 5.95. The SMILES string of the molecule is CNC(=O)C1(Cc2ccccc2-c2cccnc2)CCN(C(=O)c2cccc(F)c2)C1. The zero-order valence-electron chi connectivity index (χ0n) is 17.3. The van der Waals surface area contributed by atoms with Gasteiger partial charge in [0.05, 0.1) is 5.41 Å². The average molecular weight is 417 g/mol. The first kappa shape index (κ1) is 20.7. The van der Waals surface area contributed by atoms with Gasteiger partial charge >= 0.3 is 0 Å². The third kappa shape index (κ3) is 4.19. The quantitative estimate of drug-likeness (QED) is 0.689. The summed E-state index contributed by atoms with van der Waals surface area (Å²) in [5.74, 6) is -0.804. The molecule has 1 aliphatic heterocycles. The van der Waals surface area contributed by atoms with E-state index in [0.717, 1.165) is 16.7 Å². The van der Waals surface area contributed by atoms with Crippen LogP contribution >= 0.6 is 0 Å². The van der Waals surface area contributed by atoms with Gasteiger partial charge in [-0.2, -0.15) is 0 Å². The summed E-state index contributed by atoms with van der Waals surface area (Å²) in [6.45, 7) is 0.723. The van der Waals surface area contributed by atoms with Crippen LogP contribution in [0, 0.1) is 11.2 Å². The van der Waals surface area contributed by atoms with Crippen molar-refractivity contribution in [3.63, 3.8) is 0 Å². The largest absolute Gasteiger partial charge is 0.359 e. The van der Waals surface area contributed by atoms with Crippen molar-refractivity contribution in [2.45, 2.75) is 12.8 Å². The van der Waals surface area contributed by atoms with Gasteiger partial charge in [-0.1, -0.05) is 36.4 Å². The van der Waals surface area contributed by atoms with Gasteiger partial charge in [-0.3, -0.25) is 14.6 Å². The molecule has 1 unspecified atom stereocenters. The first-order valence-corrected chi connectivity index (χ1v) is 10.3. The minimum atomic E-state index is -0.754. The smallest absolute Gasteiger partial charge is 0.253 e. The van der Waals surface area contributed by atoms with E-state index in [0.29, 0.717) is 24.9 Å². The molecule has 3 aromatic rings. The number of rotatable bonds is 5. The molecule has 5 nitrogen and oxygen atoms in total. The predicted octanol–water partition coefficient (Wildman–Crippen LogP) is 3.71. The molecular weight excluding hydrogens is 393 g/mol. The van der Waals surface area contributed by atoms with Crippen molar-refractivity contribution in [1.29, 1.82) is 0 Å². The predicted molar refractivity (Wildman–Crippen MR) is 117 cm³/mol. The lowest BCUT2D eigenvalue weighted by Gasteiger charge is -2.28. The lowest BCUT2D eigenvalue weighted by atomic mass is 9.78. The Morgan fingerprint density at radius 1 is 1.13 bits per heavy atom. The Morgan fingerprint density at radius 3 is 2.71 bits per heavy atom. The van der Waals surface area contributed by atoms with Gasteiger partial charge in [0.15, 0.2) is 0 Å². The molecule has 158 valence electrons. The van der Waals surface area contributed by atoms with E-state index in [9.17, 15) is 14.0 Å². The van der Waals surface area contributed by atoms with Crippen molar-refractivity contribution in [3.05, 3.63) is 90.0 Å². The molecule has 0 aliphatic carbocycles.